The van der Waals surface area contributed by atoms with Crippen molar-refractivity contribution < 1.29 is 18.0 Å². The third-order valence-corrected chi connectivity index (χ3v) is 8.37. The lowest BCUT2D eigenvalue weighted by molar-refractivity contribution is -0.140. The van der Waals surface area contributed by atoms with E-state index in [0.717, 1.165) is 34.5 Å². The Kier molecular flexibility index (Phi) is 11.7. The van der Waals surface area contributed by atoms with Crippen LogP contribution < -0.4 is 9.62 Å². The van der Waals surface area contributed by atoms with Crippen molar-refractivity contribution in [1.29, 1.82) is 0 Å². The number of anilines is 1. The molecule has 0 aliphatic heterocycles. The zero-order chi connectivity index (χ0) is 29.3. The predicted molar refractivity (Wildman–Crippen MR) is 163 cm³/mol. The van der Waals surface area contributed by atoms with E-state index in [9.17, 15) is 18.0 Å². The number of carbonyl (C=O) groups excluding carboxylic acids is 2. The molecule has 0 saturated heterocycles. The first kappa shape index (κ1) is 31.7. The topological polar surface area (TPSA) is 86.8 Å². The Morgan fingerprint density at radius 2 is 1.57 bits per heavy atom. The van der Waals surface area contributed by atoms with Crippen molar-refractivity contribution >= 4 is 62.3 Å². The van der Waals surface area contributed by atoms with Crippen molar-refractivity contribution in [1.82, 2.24) is 10.2 Å². The molecule has 7 nitrogen and oxygen atoms in total. The largest absolute Gasteiger partial charge is 0.354 e. The van der Waals surface area contributed by atoms with E-state index in [0.29, 0.717) is 11.6 Å². The van der Waals surface area contributed by atoms with Gasteiger partial charge < -0.3 is 10.2 Å². The summed E-state index contributed by atoms with van der Waals surface area (Å²) in [5.41, 5.74) is 1.78. The number of halogens is 3. The highest BCUT2D eigenvalue weighted by Gasteiger charge is 2.33. The van der Waals surface area contributed by atoms with E-state index in [2.05, 4.69) is 5.32 Å². The molecule has 1 N–H and O–H groups in total. The van der Waals surface area contributed by atoms with Crippen LogP contribution in [-0.4, -0.2) is 50.5 Å². The lowest BCUT2D eigenvalue weighted by atomic mass is 10.0. The van der Waals surface area contributed by atoms with E-state index in [-0.39, 0.29) is 34.6 Å². The van der Waals surface area contributed by atoms with Crippen LogP contribution in [0.2, 0.25) is 15.1 Å². The van der Waals surface area contributed by atoms with Crippen LogP contribution in [0.5, 0.6) is 0 Å². The van der Waals surface area contributed by atoms with Crippen molar-refractivity contribution in [2.24, 2.45) is 0 Å². The van der Waals surface area contributed by atoms with Gasteiger partial charge in [0.1, 0.15) is 12.6 Å². The standard InChI is InChI=1S/C29H32Cl3N3O4S/c1-3-4-16-33-29(37)27(17-21-8-6-5-7-9-21)34(19-22-10-12-23(30)13-11-22)28(36)20-35(40(2,38)39)24-14-15-25(31)26(32)18-24/h5-15,18,27H,3-4,16-17,19-20H2,1-2H3,(H,33,37). The van der Waals surface area contributed by atoms with Gasteiger partial charge in [-0.2, -0.15) is 0 Å². The van der Waals surface area contributed by atoms with E-state index >= 15 is 0 Å². The zero-order valence-electron chi connectivity index (χ0n) is 22.3. The maximum atomic E-state index is 14.0. The van der Waals surface area contributed by atoms with Crippen LogP contribution in [-0.2, 0) is 32.6 Å². The normalized spacial score (nSPS) is 12.0. The summed E-state index contributed by atoms with van der Waals surface area (Å²) in [7, 11) is -3.91. The predicted octanol–water partition coefficient (Wildman–Crippen LogP) is 5.97. The maximum Gasteiger partial charge on any atom is 0.244 e. The molecule has 1 atom stereocenters. The van der Waals surface area contributed by atoms with Gasteiger partial charge >= 0.3 is 0 Å². The smallest absolute Gasteiger partial charge is 0.244 e. The molecule has 0 fully saturated rings. The quantitative estimate of drug-likeness (QED) is 0.238. The molecule has 40 heavy (non-hydrogen) atoms. The Morgan fingerprint density at radius 1 is 0.900 bits per heavy atom. The van der Waals surface area contributed by atoms with E-state index in [1.807, 2.05) is 37.3 Å². The number of sulfonamides is 1. The third-order valence-electron chi connectivity index (χ3n) is 6.24. The monoisotopic (exact) mass is 623 g/mol. The molecule has 0 aliphatic rings. The molecular formula is C29H32Cl3N3O4S. The highest BCUT2D eigenvalue weighted by Crippen LogP contribution is 2.29. The van der Waals surface area contributed by atoms with Gasteiger partial charge in [0, 0.05) is 24.5 Å². The Labute approximate surface area is 251 Å². The Morgan fingerprint density at radius 3 is 2.17 bits per heavy atom. The van der Waals surface area contributed by atoms with Crippen molar-refractivity contribution in [3.05, 3.63) is 99.0 Å². The van der Waals surface area contributed by atoms with Gasteiger partial charge in [0.15, 0.2) is 0 Å². The second-order valence-electron chi connectivity index (χ2n) is 9.37. The van der Waals surface area contributed by atoms with Gasteiger partial charge in [-0.15, -0.1) is 0 Å². The summed E-state index contributed by atoms with van der Waals surface area (Å²) in [6.07, 6.45) is 2.92. The van der Waals surface area contributed by atoms with E-state index in [1.54, 1.807) is 24.3 Å². The van der Waals surface area contributed by atoms with Crippen molar-refractivity contribution in [3.63, 3.8) is 0 Å². The number of hydrogen-bond acceptors (Lipinski definition) is 4. The number of hydrogen-bond donors (Lipinski definition) is 1. The summed E-state index contributed by atoms with van der Waals surface area (Å²) < 4.78 is 26.6. The highest BCUT2D eigenvalue weighted by molar-refractivity contribution is 7.92. The van der Waals surface area contributed by atoms with Gasteiger partial charge in [-0.1, -0.05) is 90.6 Å². The van der Waals surface area contributed by atoms with Gasteiger partial charge in [0.2, 0.25) is 21.8 Å². The molecule has 0 aliphatic carbocycles. The SMILES string of the molecule is CCCCNC(=O)C(Cc1ccccc1)N(Cc1ccc(Cl)cc1)C(=O)CN(c1ccc(Cl)c(Cl)c1)S(C)(=O)=O. The van der Waals surface area contributed by atoms with Gasteiger partial charge in [-0.3, -0.25) is 13.9 Å². The molecule has 0 aromatic heterocycles. The van der Waals surface area contributed by atoms with E-state index in [4.69, 9.17) is 34.8 Å². The second kappa shape index (κ2) is 14.7. The molecule has 0 radical (unpaired) electrons. The van der Waals surface area contributed by atoms with Crippen LogP contribution in [0.4, 0.5) is 5.69 Å². The Balaban J connectivity index is 2.03. The fourth-order valence-electron chi connectivity index (χ4n) is 4.10. The average Bonchev–Trinajstić information content (AvgIpc) is 2.92. The van der Waals surface area contributed by atoms with Crippen molar-refractivity contribution in [2.75, 3.05) is 23.7 Å². The third kappa shape index (κ3) is 9.13. The van der Waals surface area contributed by atoms with E-state index in [1.165, 1.54) is 23.1 Å². The van der Waals surface area contributed by atoms with Gasteiger partial charge in [-0.25, -0.2) is 8.42 Å². The number of benzene rings is 3. The molecular weight excluding hydrogens is 593 g/mol. The Bertz CT molecular complexity index is 1400. The Hall–Kier alpha value is -2.78. The minimum absolute atomic E-state index is 0.0632. The van der Waals surface area contributed by atoms with Crippen LogP contribution >= 0.6 is 34.8 Å². The first-order valence-corrected chi connectivity index (χ1v) is 15.8. The summed E-state index contributed by atoms with van der Waals surface area (Å²) in [5.74, 6) is -0.877. The lowest BCUT2D eigenvalue weighted by Crippen LogP contribution is -2.53. The molecule has 11 heteroatoms. The molecule has 0 saturated carbocycles. The molecule has 0 spiro atoms. The summed E-state index contributed by atoms with van der Waals surface area (Å²) in [6.45, 7) is 2.00. The minimum Gasteiger partial charge on any atom is -0.354 e. The summed E-state index contributed by atoms with van der Waals surface area (Å²) in [6, 6.07) is 19.7. The average molecular weight is 625 g/mol. The van der Waals surface area contributed by atoms with Crippen molar-refractivity contribution in [3.8, 4) is 0 Å². The molecule has 3 rings (SSSR count). The fourth-order valence-corrected chi connectivity index (χ4v) is 5.36. The van der Waals surface area contributed by atoms with Gasteiger partial charge in [-0.05, 0) is 47.9 Å². The summed E-state index contributed by atoms with van der Waals surface area (Å²) >= 11 is 18.3. The number of nitrogens with zero attached hydrogens (tertiary/aromatic N) is 2. The van der Waals surface area contributed by atoms with E-state index < -0.39 is 28.5 Å². The van der Waals surface area contributed by atoms with Crippen LogP contribution in [0, 0.1) is 0 Å². The lowest BCUT2D eigenvalue weighted by Gasteiger charge is -2.33. The van der Waals surface area contributed by atoms with Crippen LogP contribution in [0.1, 0.15) is 30.9 Å². The first-order valence-electron chi connectivity index (χ1n) is 12.8. The molecule has 214 valence electrons. The van der Waals surface area contributed by atoms with Crippen LogP contribution in [0.15, 0.2) is 72.8 Å². The van der Waals surface area contributed by atoms with Crippen LogP contribution in [0.25, 0.3) is 0 Å². The number of amides is 2. The first-order chi connectivity index (χ1) is 19.0. The number of unbranched alkanes of at least 4 members (excludes halogenated alkanes) is 1. The molecule has 3 aromatic carbocycles. The summed E-state index contributed by atoms with van der Waals surface area (Å²) in [4.78, 5) is 29.0. The second-order valence-corrected chi connectivity index (χ2v) is 12.5. The number of carbonyl (C=O) groups is 2. The zero-order valence-corrected chi connectivity index (χ0v) is 25.4. The number of rotatable bonds is 13. The minimum atomic E-state index is -3.91. The summed E-state index contributed by atoms with van der Waals surface area (Å²) in [5, 5.41) is 3.88. The number of nitrogens with one attached hydrogen (secondary N) is 1. The fraction of sp³-hybridized carbons (Fsp3) is 0.310. The molecule has 0 heterocycles. The highest BCUT2D eigenvalue weighted by atomic mass is 35.5. The molecule has 1 unspecified atom stereocenters. The van der Waals surface area contributed by atoms with Crippen LogP contribution in [0.3, 0.4) is 0 Å². The van der Waals surface area contributed by atoms with Crippen molar-refractivity contribution in [2.45, 2.75) is 38.8 Å². The molecule has 2 amide bonds. The molecule has 3 aromatic rings. The maximum absolute atomic E-state index is 14.0. The van der Waals surface area contributed by atoms with Gasteiger partial charge in [0.05, 0.1) is 22.0 Å². The molecule has 0 bridgehead atoms. The van der Waals surface area contributed by atoms with Gasteiger partial charge in [0.25, 0.3) is 0 Å².